The molecule has 0 heterocycles. The topological polar surface area (TPSA) is 0 Å². The predicted molar refractivity (Wildman–Crippen MR) is 36.9 cm³/mol. The number of allylic oxidation sites excluding steroid dienone is 4. The summed E-state index contributed by atoms with van der Waals surface area (Å²) in [7, 11) is 0. The van der Waals surface area contributed by atoms with E-state index in [-0.39, 0.29) is 0 Å². The van der Waals surface area contributed by atoms with Gasteiger partial charge in [0.25, 0.3) is 0 Å². The first-order valence-electron chi connectivity index (χ1n) is 3.70. The summed E-state index contributed by atoms with van der Waals surface area (Å²) in [5, 5.41) is 0. The second-order valence-electron chi connectivity index (χ2n) is 3.74. The minimum absolute atomic E-state index is 0.611. The van der Waals surface area contributed by atoms with Gasteiger partial charge in [-0.05, 0) is 23.2 Å². The van der Waals surface area contributed by atoms with Crippen LogP contribution in [0.15, 0.2) is 24.3 Å². The van der Waals surface area contributed by atoms with Crippen molar-refractivity contribution in [3.8, 4) is 0 Å². The molecule has 3 aliphatic carbocycles. The molecule has 0 aliphatic heterocycles. The third kappa shape index (κ3) is 0.242. The van der Waals surface area contributed by atoms with Gasteiger partial charge in [-0.25, -0.2) is 0 Å². The average Bonchev–Trinajstić information content (AvgIpc) is 1.77. The molecule has 1 saturated carbocycles. The molecular weight excluding hydrogens is 108 g/mol. The summed E-state index contributed by atoms with van der Waals surface area (Å²) >= 11 is 0. The molecular formula is C9H10. The fourth-order valence-electron chi connectivity index (χ4n) is 2.58. The van der Waals surface area contributed by atoms with E-state index in [9.17, 15) is 0 Å². The highest BCUT2D eigenvalue weighted by Gasteiger charge is 2.61. The molecule has 0 aromatic rings. The maximum absolute atomic E-state index is 2.38. The summed E-state index contributed by atoms with van der Waals surface area (Å²) in [6, 6.07) is 0. The molecule has 0 aromatic carbocycles. The van der Waals surface area contributed by atoms with Crippen LogP contribution in [-0.4, -0.2) is 0 Å². The lowest BCUT2D eigenvalue weighted by molar-refractivity contribution is -0.0293. The minimum Gasteiger partial charge on any atom is -0.0838 e. The van der Waals surface area contributed by atoms with Gasteiger partial charge in [-0.1, -0.05) is 31.2 Å². The van der Waals surface area contributed by atoms with E-state index in [2.05, 4.69) is 31.2 Å². The standard InChI is InChI=1S/C9H10/c1-9-5-4-8(9)6-2-3-7(6)9/h2-8H,1H3/t6-,7+,8-,9+/m1/s1. The van der Waals surface area contributed by atoms with Crippen LogP contribution in [-0.2, 0) is 0 Å². The first-order valence-corrected chi connectivity index (χ1v) is 3.70. The Morgan fingerprint density at radius 3 is 2.00 bits per heavy atom. The molecule has 0 aromatic heterocycles. The molecule has 0 nitrogen and oxygen atoms in total. The van der Waals surface area contributed by atoms with Gasteiger partial charge in [0.2, 0.25) is 0 Å². The SMILES string of the molecule is C[C@@]12C=C[C@@H]1[C@@H]1C=C[C@@H]12. The monoisotopic (exact) mass is 118 g/mol. The first kappa shape index (κ1) is 4.32. The van der Waals surface area contributed by atoms with Crippen LogP contribution in [0.3, 0.4) is 0 Å². The lowest BCUT2D eigenvalue weighted by Crippen LogP contribution is -2.59. The highest BCUT2D eigenvalue weighted by Crippen LogP contribution is 2.67. The van der Waals surface area contributed by atoms with Crippen molar-refractivity contribution in [1.82, 2.24) is 0 Å². The van der Waals surface area contributed by atoms with Crippen molar-refractivity contribution in [2.75, 3.05) is 0 Å². The Morgan fingerprint density at radius 2 is 1.89 bits per heavy atom. The van der Waals surface area contributed by atoms with E-state index >= 15 is 0 Å². The van der Waals surface area contributed by atoms with Crippen molar-refractivity contribution in [2.24, 2.45) is 23.2 Å². The van der Waals surface area contributed by atoms with Crippen LogP contribution in [0.1, 0.15) is 6.92 Å². The predicted octanol–water partition coefficient (Wildman–Crippen LogP) is 1.99. The van der Waals surface area contributed by atoms with E-state index in [1.807, 2.05) is 0 Å². The van der Waals surface area contributed by atoms with Crippen LogP contribution < -0.4 is 0 Å². The zero-order chi connectivity index (χ0) is 6.06. The van der Waals surface area contributed by atoms with Crippen LogP contribution in [0, 0.1) is 23.2 Å². The summed E-state index contributed by atoms with van der Waals surface area (Å²) in [6.07, 6.45) is 9.47. The maximum atomic E-state index is 2.38. The largest absolute Gasteiger partial charge is 0.0838 e. The molecule has 0 N–H and O–H groups in total. The molecule has 1 fully saturated rings. The summed E-state index contributed by atoms with van der Waals surface area (Å²) in [6.45, 7) is 2.38. The Labute approximate surface area is 55.3 Å². The fourth-order valence-corrected chi connectivity index (χ4v) is 2.58. The molecule has 3 aliphatic rings. The summed E-state index contributed by atoms with van der Waals surface area (Å²) in [5.74, 6) is 2.79. The fraction of sp³-hybridized carbons (Fsp3) is 0.556. The van der Waals surface area contributed by atoms with E-state index in [1.54, 1.807) is 0 Å². The van der Waals surface area contributed by atoms with Crippen molar-refractivity contribution < 1.29 is 0 Å². The maximum Gasteiger partial charge on any atom is -0.000927 e. The third-order valence-corrected chi connectivity index (χ3v) is 3.47. The summed E-state index contributed by atoms with van der Waals surface area (Å²) in [5.41, 5.74) is 0.611. The van der Waals surface area contributed by atoms with Crippen LogP contribution in [0.5, 0.6) is 0 Å². The van der Waals surface area contributed by atoms with Gasteiger partial charge in [0.15, 0.2) is 0 Å². The van der Waals surface area contributed by atoms with Crippen molar-refractivity contribution >= 4 is 0 Å². The van der Waals surface area contributed by atoms with E-state index in [0.29, 0.717) is 5.41 Å². The highest BCUT2D eigenvalue weighted by molar-refractivity contribution is 5.39. The Morgan fingerprint density at radius 1 is 1.11 bits per heavy atom. The van der Waals surface area contributed by atoms with Crippen molar-refractivity contribution in [2.45, 2.75) is 6.92 Å². The number of fused-ring (bicyclic) bond motifs is 4. The molecule has 0 bridgehead atoms. The second kappa shape index (κ2) is 0.920. The van der Waals surface area contributed by atoms with E-state index in [0.717, 1.165) is 17.8 Å². The van der Waals surface area contributed by atoms with Crippen LogP contribution in [0.2, 0.25) is 0 Å². The Bertz CT molecular complexity index is 216. The number of hydrogen-bond donors (Lipinski definition) is 0. The van der Waals surface area contributed by atoms with Gasteiger partial charge in [-0.2, -0.15) is 0 Å². The molecule has 0 amide bonds. The van der Waals surface area contributed by atoms with Crippen molar-refractivity contribution in [3.63, 3.8) is 0 Å². The van der Waals surface area contributed by atoms with Gasteiger partial charge in [0.1, 0.15) is 0 Å². The molecule has 0 heteroatoms. The van der Waals surface area contributed by atoms with Crippen LogP contribution in [0.25, 0.3) is 0 Å². The molecule has 0 radical (unpaired) electrons. The van der Waals surface area contributed by atoms with Gasteiger partial charge in [0.05, 0.1) is 0 Å². The Balaban J connectivity index is 2.11. The van der Waals surface area contributed by atoms with Gasteiger partial charge >= 0.3 is 0 Å². The minimum atomic E-state index is 0.611. The average molecular weight is 118 g/mol. The third-order valence-electron chi connectivity index (χ3n) is 3.47. The Kier molecular flexibility index (Phi) is 0.441. The lowest BCUT2D eigenvalue weighted by atomic mass is 9.39. The second-order valence-corrected chi connectivity index (χ2v) is 3.74. The van der Waals surface area contributed by atoms with E-state index in [1.165, 1.54) is 0 Å². The van der Waals surface area contributed by atoms with Gasteiger partial charge < -0.3 is 0 Å². The molecule has 3 rings (SSSR count). The number of rotatable bonds is 0. The molecule has 0 saturated heterocycles. The van der Waals surface area contributed by atoms with Gasteiger partial charge in [-0.15, -0.1) is 0 Å². The molecule has 4 atom stereocenters. The number of hydrogen-bond acceptors (Lipinski definition) is 0. The van der Waals surface area contributed by atoms with Crippen LogP contribution in [0.4, 0.5) is 0 Å². The normalized spacial score (nSPS) is 64.8. The molecule has 46 valence electrons. The van der Waals surface area contributed by atoms with Crippen molar-refractivity contribution in [1.29, 1.82) is 0 Å². The molecule has 0 spiro atoms. The van der Waals surface area contributed by atoms with Crippen LogP contribution >= 0.6 is 0 Å². The quantitative estimate of drug-likeness (QED) is 0.427. The lowest BCUT2D eigenvalue weighted by Gasteiger charge is -2.65. The van der Waals surface area contributed by atoms with Gasteiger partial charge in [-0.3, -0.25) is 0 Å². The Hall–Kier alpha value is -0.520. The molecule has 0 unspecified atom stereocenters. The zero-order valence-corrected chi connectivity index (χ0v) is 5.54. The smallest absolute Gasteiger partial charge is 0.000927 e. The highest BCUT2D eigenvalue weighted by atomic mass is 14.6. The van der Waals surface area contributed by atoms with E-state index < -0.39 is 0 Å². The summed E-state index contributed by atoms with van der Waals surface area (Å²) < 4.78 is 0. The van der Waals surface area contributed by atoms with Gasteiger partial charge in [0, 0.05) is 0 Å². The van der Waals surface area contributed by atoms with Crippen molar-refractivity contribution in [3.05, 3.63) is 24.3 Å². The van der Waals surface area contributed by atoms with E-state index in [4.69, 9.17) is 0 Å². The molecule has 9 heavy (non-hydrogen) atoms. The summed E-state index contributed by atoms with van der Waals surface area (Å²) in [4.78, 5) is 0. The zero-order valence-electron chi connectivity index (χ0n) is 5.54. The first-order chi connectivity index (χ1) is 4.32.